The van der Waals surface area contributed by atoms with E-state index < -0.39 is 13.4 Å². The van der Waals surface area contributed by atoms with Gasteiger partial charge in [-0.05, 0) is 6.42 Å². The zero-order valence-electron chi connectivity index (χ0n) is 18.3. The van der Waals surface area contributed by atoms with Crippen molar-refractivity contribution in [3.05, 3.63) is 0 Å². The molecule has 0 atom stereocenters. The maximum absolute atomic E-state index is 8.92. The molecule has 0 aliphatic carbocycles. The fourth-order valence-corrected chi connectivity index (χ4v) is 2.31. The summed E-state index contributed by atoms with van der Waals surface area (Å²) in [5, 5.41) is 8.64. The molecule has 30 heavy (non-hydrogen) atoms. The van der Waals surface area contributed by atoms with Crippen LogP contribution in [0.5, 0.6) is 0 Å². The molecule has 0 amide bonds. The van der Waals surface area contributed by atoms with Gasteiger partial charge in [-0.1, -0.05) is 90.4 Å². The molecular weight excluding hydrogens is 626 g/mol. The maximum Gasteiger partial charge on any atom is 2.00 e. The van der Waals surface area contributed by atoms with Crippen LogP contribution in [-0.4, -0.2) is 11.7 Å². The Bertz CT molecular complexity index is 339. The van der Waals surface area contributed by atoms with Crippen molar-refractivity contribution >= 4 is 37.1 Å². The van der Waals surface area contributed by atoms with Gasteiger partial charge in [0.05, 0.1) is 0 Å². The molecule has 0 aromatic rings. The summed E-state index contributed by atoms with van der Waals surface area (Å²) in [5.41, 5.74) is 0. The van der Waals surface area contributed by atoms with Crippen LogP contribution in [0.25, 0.3) is 0 Å². The van der Waals surface area contributed by atoms with Gasteiger partial charge in [-0.2, -0.15) is 23.6 Å². The van der Waals surface area contributed by atoms with Crippen molar-refractivity contribution in [2.75, 3.05) is 6.61 Å². The summed E-state index contributed by atoms with van der Waals surface area (Å²) in [7, 11) is 0. The smallest absolute Gasteiger partial charge is 0.844 e. The molecule has 0 unspecified atom stereocenters. The zero-order chi connectivity index (χ0) is 21.6. The minimum atomic E-state index is -4.56. The quantitative estimate of drug-likeness (QED) is 0.154. The van der Waals surface area contributed by atoms with Crippen LogP contribution in [0.1, 0.15) is 96.8 Å². The second kappa shape index (κ2) is 34.1. The summed E-state index contributed by atoms with van der Waals surface area (Å²) in [6, 6.07) is 0. The predicted octanol–water partition coefficient (Wildman–Crippen LogP) is 0.0361. The Morgan fingerprint density at radius 2 is 0.667 bits per heavy atom. The van der Waals surface area contributed by atoms with E-state index in [2.05, 4.69) is 30.5 Å². The number of rotatable bonds is 14. The van der Waals surface area contributed by atoms with Crippen molar-refractivity contribution in [2.24, 2.45) is 0 Å². The van der Waals surface area contributed by atoms with E-state index in [9.17, 15) is 0 Å². The summed E-state index contributed by atoms with van der Waals surface area (Å²) in [6.45, 7) is -6.46. The van der Waals surface area contributed by atoms with Gasteiger partial charge in [0, 0.05) is 6.61 Å². The van der Waals surface area contributed by atoms with Crippen LogP contribution < -0.4 is 29.4 Å². The number of aliphatic hydroxyl groups is 1. The molecule has 168 valence electrons. The molecule has 0 heterocycles. The van der Waals surface area contributed by atoms with Gasteiger partial charge in [0.25, 0.3) is 0 Å². The monoisotopic (exact) mass is 656 g/mol. The van der Waals surface area contributed by atoms with Crippen molar-refractivity contribution < 1.29 is 92.9 Å². The molecule has 0 spiro atoms. The molecule has 0 aromatic heterocycles. The van der Waals surface area contributed by atoms with Crippen LogP contribution in [0.2, 0.25) is 0 Å². The van der Waals surface area contributed by atoms with Crippen molar-refractivity contribution in [2.45, 2.75) is 96.8 Å². The van der Waals surface area contributed by atoms with Gasteiger partial charge >= 0.3 is 58.4 Å². The van der Waals surface area contributed by atoms with Crippen LogP contribution >= 0.6 is 13.4 Å². The van der Waals surface area contributed by atoms with Gasteiger partial charge in [-0.25, -0.2) is 0 Å². The van der Waals surface area contributed by atoms with Gasteiger partial charge in [0.1, 0.15) is 0 Å². The topological polar surface area (TPSA) is 159 Å². The van der Waals surface area contributed by atoms with Gasteiger partial charge in [0.2, 0.25) is 0 Å². The Hall–Kier alpha value is 2.89. The fraction of sp³-hybridized carbons (Fsp3) is 1.00. The van der Waals surface area contributed by atoms with Crippen molar-refractivity contribution in [3.8, 4) is 0 Å². The molecule has 0 bridgehead atoms. The van der Waals surface area contributed by atoms with Gasteiger partial charge < -0.3 is 47.9 Å². The average Bonchev–Trinajstić information content (AvgIpc) is 2.49. The molecule has 0 saturated carbocycles. The SMILES string of the molecule is CCCCCCCCCCCCCCCCO.[O-]P([O-])([O-])=S.[O-]P([O-])([O-])=S.[Zn+2].[Zn+2].[Zn+2]. The molecule has 0 rings (SSSR count). The molecule has 0 aromatic carbocycles. The van der Waals surface area contributed by atoms with Crippen LogP contribution in [0.3, 0.4) is 0 Å². The second-order valence-corrected chi connectivity index (χ2v) is 10.7. The van der Waals surface area contributed by atoms with E-state index in [0.29, 0.717) is 6.61 Å². The Labute approximate surface area is 231 Å². The van der Waals surface area contributed by atoms with Crippen LogP contribution in [0, 0.1) is 0 Å². The number of hydrogen-bond donors (Lipinski definition) is 1. The minimum absolute atomic E-state index is 0. The normalized spacial score (nSPS) is 10.1. The molecule has 0 fully saturated rings. The Morgan fingerprint density at radius 1 is 0.500 bits per heavy atom. The van der Waals surface area contributed by atoms with E-state index in [0.717, 1.165) is 6.42 Å². The first-order valence-electron chi connectivity index (χ1n) is 9.48. The minimum Gasteiger partial charge on any atom is -0.844 e. The Balaban J connectivity index is -0.0000000930. The molecule has 0 saturated heterocycles. The first-order chi connectivity index (χ1) is 12.4. The average molecular weight is 661 g/mol. The van der Waals surface area contributed by atoms with E-state index >= 15 is 0 Å². The molecule has 7 nitrogen and oxygen atoms in total. The van der Waals surface area contributed by atoms with Crippen molar-refractivity contribution in [3.63, 3.8) is 0 Å². The van der Waals surface area contributed by atoms with Crippen LogP contribution in [0.15, 0.2) is 0 Å². The van der Waals surface area contributed by atoms with E-state index in [1.165, 1.54) is 83.5 Å². The standard InChI is InChI=1S/C16H34O.2H3O3PS.3Zn/c1-2-3-4-5-6-7-8-9-10-11-12-13-14-15-16-17;2*1-4(2,3)5;;;/h17H,2-16H2,1H3;2*(H3,1,2,3,5);;;/q;;;3*+2/p-6. The molecule has 0 aliphatic heterocycles. The molecule has 0 aliphatic rings. The number of unbranched alkanes of at least 4 members (excludes halogenated alkanes) is 13. The van der Waals surface area contributed by atoms with E-state index in [1.54, 1.807) is 0 Å². The summed E-state index contributed by atoms with van der Waals surface area (Å²) in [5.74, 6) is 0. The first kappa shape index (κ1) is 46.3. The van der Waals surface area contributed by atoms with E-state index in [1.807, 2.05) is 0 Å². The molecule has 1 N–H and O–H groups in total. The van der Waals surface area contributed by atoms with Gasteiger partial charge in [-0.3, -0.25) is 0 Å². The summed E-state index contributed by atoms with van der Waals surface area (Å²) >= 11 is 6.54. The van der Waals surface area contributed by atoms with Gasteiger partial charge in [-0.15, -0.1) is 0 Å². The Morgan fingerprint density at radius 3 is 0.833 bits per heavy atom. The van der Waals surface area contributed by atoms with Gasteiger partial charge in [0.15, 0.2) is 0 Å². The third kappa shape index (κ3) is 96.7. The third-order valence-electron chi connectivity index (χ3n) is 3.51. The first-order valence-corrected chi connectivity index (χ1v) is 14.6. The summed E-state index contributed by atoms with van der Waals surface area (Å²) in [4.78, 5) is 53.5. The Kier molecular flexibility index (Phi) is 52.5. The largest absolute Gasteiger partial charge is 2.00 e. The number of hydrogen-bond acceptors (Lipinski definition) is 9. The predicted molar refractivity (Wildman–Crippen MR) is 106 cm³/mol. The van der Waals surface area contributed by atoms with E-state index in [4.69, 9.17) is 34.5 Å². The third-order valence-corrected chi connectivity index (χ3v) is 3.51. The molecular formula is C16H34O7P2S2Zn3. The molecule has 14 heteroatoms. The second-order valence-electron chi connectivity index (χ2n) is 6.21. The van der Waals surface area contributed by atoms with E-state index in [-0.39, 0.29) is 58.4 Å². The zero-order valence-corrected chi connectivity index (χ0v) is 30.7. The van der Waals surface area contributed by atoms with Crippen LogP contribution in [0.4, 0.5) is 0 Å². The number of aliphatic hydroxyl groups excluding tert-OH is 1. The summed E-state index contributed by atoms with van der Waals surface area (Å²) < 4.78 is 0. The summed E-state index contributed by atoms with van der Waals surface area (Å²) in [6.07, 6.45) is 19.2. The fourth-order valence-electron chi connectivity index (χ4n) is 2.31. The molecule has 0 radical (unpaired) electrons. The van der Waals surface area contributed by atoms with Crippen molar-refractivity contribution in [1.82, 2.24) is 0 Å². The van der Waals surface area contributed by atoms with Crippen molar-refractivity contribution in [1.29, 1.82) is 0 Å². The maximum atomic E-state index is 8.92. The van der Waals surface area contributed by atoms with Crippen LogP contribution in [-0.2, 0) is 82.0 Å².